The molecule has 0 atom stereocenters. The zero-order chi connectivity index (χ0) is 10.3. The summed E-state index contributed by atoms with van der Waals surface area (Å²) in [6.45, 7) is 0. The zero-order valence-corrected chi connectivity index (χ0v) is 8.92. The minimum Gasteiger partial charge on any atom is -0.497 e. The summed E-state index contributed by atoms with van der Waals surface area (Å²) in [5.74, 6) is 0.969. The fraction of sp³-hybridized carbons (Fsp3) is 0.286. The van der Waals surface area contributed by atoms with Crippen LogP contribution in [0.2, 0.25) is 0 Å². The fourth-order valence-electron chi connectivity index (χ4n) is 2.51. The Morgan fingerprint density at radius 1 is 1.27 bits per heavy atom. The topological polar surface area (TPSA) is 9.23 Å². The van der Waals surface area contributed by atoms with Crippen LogP contribution in [0.1, 0.15) is 24.0 Å². The molecular weight excluding hydrogens is 184 g/mol. The highest BCUT2D eigenvalue weighted by molar-refractivity contribution is 5.80. The van der Waals surface area contributed by atoms with Crippen molar-refractivity contribution in [3.05, 3.63) is 47.1 Å². The second kappa shape index (κ2) is 3.27. The molecule has 0 aliphatic heterocycles. The summed E-state index contributed by atoms with van der Waals surface area (Å²) >= 11 is 0. The molecule has 0 saturated heterocycles. The van der Waals surface area contributed by atoms with Crippen LogP contribution in [0.15, 0.2) is 35.9 Å². The highest BCUT2D eigenvalue weighted by Crippen LogP contribution is 2.40. The molecule has 1 aromatic rings. The van der Waals surface area contributed by atoms with Crippen molar-refractivity contribution in [2.24, 2.45) is 0 Å². The highest BCUT2D eigenvalue weighted by atomic mass is 16.5. The first-order chi connectivity index (χ1) is 7.38. The smallest absolute Gasteiger partial charge is 0.119 e. The van der Waals surface area contributed by atoms with Gasteiger partial charge in [-0.3, -0.25) is 0 Å². The van der Waals surface area contributed by atoms with E-state index >= 15 is 0 Å². The second-order valence-corrected chi connectivity index (χ2v) is 4.14. The number of rotatable bonds is 1. The van der Waals surface area contributed by atoms with Crippen molar-refractivity contribution in [3.63, 3.8) is 0 Å². The third-order valence-electron chi connectivity index (χ3n) is 3.29. The van der Waals surface area contributed by atoms with E-state index in [4.69, 9.17) is 4.74 Å². The van der Waals surface area contributed by atoms with Crippen LogP contribution in [-0.2, 0) is 6.42 Å². The summed E-state index contributed by atoms with van der Waals surface area (Å²) in [5.41, 5.74) is 5.90. The third-order valence-corrected chi connectivity index (χ3v) is 3.29. The summed E-state index contributed by atoms with van der Waals surface area (Å²) in [6.07, 6.45) is 8.03. The van der Waals surface area contributed by atoms with Gasteiger partial charge in [0.15, 0.2) is 0 Å². The molecular formula is C14H14O. The van der Waals surface area contributed by atoms with Crippen LogP contribution in [-0.4, -0.2) is 7.11 Å². The first-order valence-electron chi connectivity index (χ1n) is 5.44. The van der Waals surface area contributed by atoms with Gasteiger partial charge in [-0.05, 0) is 53.7 Å². The van der Waals surface area contributed by atoms with Crippen LogP contribution >= 0.6 is 0 Å². The summed E-state index contributed by atoms with van der Waals surface area (Å²) < 4.78 is 5.28. The van der Waals surface area contributed by atoms with Gasteiger partial charge in [0.05, 0.1) is 7.11 Å². The van der Waals surface area contributed by atoms with Gasteiger partial charge in [0.25, 0.3) is 0 Å². The molecule has 0 heterocycles. The van der Waals surface area contributed by atoms with E-state index in [1.54, 1.807) is 7.11 Å². The quantitative estimate of drug-likeness (QED) is 0.672. The lowest BCUT2D eigenvalue weighted by Crippen LogP contribution is -1.89. The summed E-state index contributed by atoms with van der Waals surface area (Å²) in [7, 11) is 1.73. The number of benzene rings is 1. The first-order valence-corrected chi connectivity index (χ1v) is 5.44. The molecule has 76 valence electrons. The van der Waals surface area contributed by atoms with E-state index in [0.29, 0.717) is 0 Å². The Bertz CT molecular complexity index is 466. The largest absolute Gasteiger partial charge is 0.497 e. The predicted octanol–water partition coefficient (Wildman–Crippen LogP) is 3.35. The van der Waals surface area contributed by atoms with Gasteiger partial charge < -0.3 is 4.74 Å². The molecule has 2 aliphatic rings. The van der Waals surface area contributed by atoms with Crippen molar-refractivity contribution in [1.82, 2.24) is 0 Å². The molecule has 0 bridgehead atoms. The van der Waals surface area contributed by atoms with E-state index in [2.05, 4.69) is 30.4 Å². The first kappa shape index (κ1) is 8.78. The highest BCUT2D eigenvalue weighted by Gasteiger charge is 2.21. The summed E-state index contributed by atoms with van der Waals surface area (Å²) in [6, 6.07) is 6.43. The van der Waals surface area contributed by atoms with Gasteiger partial charge in [-0.15, -0.1) is 0 Å². The Labute approximate surface area is 90.1 Å². The monoisotopic (exact) mass is 198 g/mol. The second-order valence-electron chi connectivity index (χ2n) is 4.14. The van der Waals surface area contributed by atoms with Gasteiger partial charge in [0, 0.05) is 0 Å². The molecule has 0 spiro atoms. The molecule has 0 amide bonds. The minimum atomic E-state index is 0.969. The standard InChI is InChI=1S/C14H14O/c1-15-12-7-6-11-8-10-4-2-3-5-13(10)14(11)9-12/h2,4,6-7,9H,3,5,8H2,1H3. The molecule has 1 nitrogen and oxygen atoms in total. The molecule has 0 N–H and O–H groups in total. The van der Waals surface area contributed by atoms with Crippen molar-refractivity contribution in [2.45, 2.75) is 19.3 Å². The van der Waals surface area contributed by atoms with E-state index < -0.39 is 0 Å². The third kappa shape index (κ3) is 1.30. The molecule has 1 aromatic carbocycles. The number of ether oxygens (including phenoxy) is 1. The summed E-state index contributed by atoms with van der Waals surface area (Å²) in [4.78, 5) is 0. The van der Waals surface area contributed by atoms with Crippen molar-refractivity contribution in [3.8, 4) is 5.75 Å². The normalized spacial score (nSPS) is 17.7. The molecule has 0 saturated carbocycles. The molecule has 1 heteroatoms. The Kier molecular flexibility index (Phi) is 1.91. The van der Waals surface area contributed by atoms with Crippen LogP contribution in [0, 0.1) is 0 Å². The van der Waals surface area contributed by atoms with E-state index in [9.17, 15) is 0 Å². The minimum absolute atomic E-state index is 0.969. The van der Waals surface area contributed by atoms with E-state index in [1.807, 2.05) is 0 Å². The van der Waals surface area contributed by atoms with Gasteiger partial charge in [0.2, 0.25) is 0 Å². The maximum Gasteiger partial charge on any atom is 0.119 e. The number of allylic oxidation sites excluding steroid dienone is 4. The molecule has 15 heavy (non-hydrogen) atoms. The predicted molar refractivity (Wildman–Crippen MR) is 62.0 cm³/mol. The van der Waals surface area contributed by atoms with Gasteiger partial charge >= 0.3 is 0 Å². The Hall–Kier alpha value is -1.50. The SMILES string of the molecule is COc1ccc2c(c1)C1=C(C=CCC1)C2. The van der Waals surface area contributed by atoms with Gasteiger partial charge in [-0.2, -0.15) is 0 Å². The van der Waals surface area contributed by atoms with Gasteiger partial charge in [-0.25, -0.2) is 0 Å². The van der Waals surface area contributed by atoms with Crippen molar-refractivity contribution in [2.75, 3.05) is 7.11 Å². The molecule has 0 radical (unpaired) electrons. The van der Waals surface area contributed by atoms with Crippen molar-refractivity contribution in [1.29, 1.82) is 0 Å². The van der Waals surface area contributed by atoms with Crippen LogP contribution in [0.25, 0.3) is 5.57 Å². The Balaban J connectivity index is 2.11. The molecule has 3 rings (SSSR count). The van der Waals surface area contributed by atoms with E-state index in [1.165, 1.54) is 35.1 Å². The molecule has 0 unspecified atom stereocenters. The lowest BCUT2D eigenvalue weighted by molar-refractivity contribution is 0.414. The Morgan fingerprint density at radius 3 is 3.07 bits per heavy atom. The summed E-state index contributed by atoms with van der Waals surface area (Å²) in [5, 5.41) is 0. The average molecular weight is 198 g/mol. The maximum absolute atomic E-state index is 5.28. The van der Waals surface area contributed by atoms with Crippen LogP contribution in [0.5, 0.6) is 5.75 Å². The van der Waals surface area contributed by atoms with Crippen LogP contribution in [0.3, 0.4) is 0 Å². The molecule has 2 aliphatic carbocycles. The van der Waals surface area contributed by atoms with Crippen molar-refractivity contribution < 1.29 is 4.74 Å². The van der Waals surface area contributed by atoms with E-state index in [-0.39, 0.29) is 0 Å². The lowest BCUT2D eigenvalue weighted by atomic mass is 9.97. The Morgan fingerprint density at radius 2 is 2.20 bits per heavy atom. The van der Waals surface area contributed by atoms with Crippen LogP contribution < -0.4 is 4.74 Å². The van der Waals surface area contributed by atoms with Crippen LogP contribution in [0.4, 0.5) is 0 Å². The fourth-order valence-corrected chi connectivity index (χ4v) is 2.51. The van der Waals surface area contributed by atoms with Gasteiger partial charge in [0.1, 0.15) is 5.75 Å². The molecule has 0 aromatic heterocycles. The molecule has 0 fully saturated rings. The van der Waals surface area contributed by atoms with E-state index in [0.717, 1.165) is 12.2 Å². The van der Waals surface area contributed by atoms with Gasteiger partial charge in [-0.1, -0.05) is 18.2 Å². The number of hydrogen-bond donors (Lipinski definition) is 0. The average Bonchev–Trinajstić information content (AvgIpc) is 2.66. The van der Waals surface area contributed by atoms with Crippen molar-refractivity contribution >= 4 is 5.57 Å². The number of fused-ring (bicyclic) bond motifs is 2. The lowest BCUT2D eigenvalue weighted by Gasteiger charge is -2.09. The number of hydrogen-bond acceptors (Lipinski definition) is 1. The zero-order valence-electron chi connectivity index (χ0n) is 8.92. The number of methoxy groups -OCH3 is 1. The maximum atomic E-state index is 5.28.